The van der Waals surface area contributed by atoms with E-state index >= 15 is 0 Å². The maximum atomic E-state index is 12.3. The number of amides is 1. The van der Waals surface area contributed by atoms with Crippen molar-refractivity contribution in [1.29, 1.82) is 0 Å². The number of nitrogens with one attached hydrogen (secondary N) is 2. The van der Waals surface area contributed by atoms with Gasteiger partial charge in [-0.1, -0.05) is 0 Å². The first-order valence-electron chi connectivity index (χ1n) is 10.4. The fourth-order valence-electron chi connectivity index (χ4n) is 3.66. The van der Waals surface area contributed by atoms with Gasteiger partial charge in [-0.2, -0.15) is 0 Å². The summed E-state index contributed by atoms with van der Waals surface area (Å²) >= 11 is 0. The molecule has 10 heteroatoms. The molecular formula is C19H37N5O4S. The molecule has 2 fully saturated rings. The Morgan fingerprint density at radius 1 is 1.17 bits per heavy atom. The van der Waals surface area contributed by atoms with Crippen LogP contribution >= 0.6 is 0 Å². The Bertz CT molecular complexity index is 681. The van der Waals surface area contributed by atoms with E-state index in [9.17, 15) is 13.2 Å². The zero-order chi connectivity index (χ0) is 21.7. The van der Waals surface area contributed by atoms with Gasteiger partial charge in [0.25, 0.3) is 0 Å². The summed E-state index contributed by atoms with van der Waals surface area (Å²) in [6.45, 7) is 8.81. The highest BCUT2D eigenvalue weighted by molar-refractivity contribution is 7.88. The Morgan fingerprint density at radius 2 is 1.83 bits per heavy atom. The van der Waals surface area contributed by atoms with E-state index < -0.39 is 15.6 Å². The van der Waals surface area contributed by atoms with Crippen molar-refractivity contribution < 1.29 is 17.9 Å². The first-order chi connectivity index (χ1) is 13.5. The summed E-state index contributed by atoms with van der Waals surface area (Å²) in [7, 11) is -1.36. The number of piperidine rings is 2. The molecule has 0 bridgehead atoms. The summed E-state index contributed by atoms with van der Waals surface area (Å²) in [5, 5.41) is 6.77. The molecule has 0 radical (unpaired) electrons. The average Bonchev–Trinajstić information content (AvgIpc) is 2.63. The molecule has 2 N–H and O–H groups in total. The Morgan fingerprint density at radius 3 is 2.38 bits per heavy atom. The minimum Gasteiger partial charge on any atom is -0.444 e. The number of aliphatic imine (C=N–C) groups is 1. The van der Waals surface area contributed by atoms with Crippen LogP contribution in [0.4, 0.5) is 4.79 Å². The van der Waals surface area contributed by atoms with Crippen LogP contribution in [-0.2, 0) is 14.8 Å². The highest BCUT2D eigenvalue weighted by Gasteiger charge is 2.28. The number of rotatable bonds is 4. The predicted octanol–water partition coefficient (Wildman–Crippen LogP) is 1.22. The molecule has 0 aliphatic carbocycles. The van der Waals surface area contributed by atoms with Gasteiger partial charge in [0.1, 0.15) is 5.60 Å². The van der Waals surface area contributed by atoms with Crippen molar-refractivity contribution >= 4 is 22.1 Å². The lowest BCUT2D eigenvalue weighted by Gasteiger charge is -2.35. The lowest BCUT2D eigenvalue weighted by molar-refractivity contribution is 0.0193. The lowest BCUT2D eigenvalue weighted by Crippen LogP contribution is -2.53. The number of sulfonamides is 1. The third-order valence-electron chi connectivity index (χ3n) is 5.24. The number of guanidine groups is 1. The molecule has 2 rings (SSSR count). The molecule has 0 aromatic carbocycles. The number of carbonyl (C=O) groups is 1. The summed E-state index contributed by atoms with van der Waals surface area (Å²) < 4.78 is 30.3. The highest BCUT2D eigenvalue weighted by atomic mass is 32.2. The molecule has 2 aliphatic rings. The first kappa shape index (κ1) is 23.7. The zero-order valence-electron chi connectivity index (χ0n) is 18.4. The quantitative estimate of drug-likeness (QED) is 0.512. The third kappa shape index (κ3) is 8.00. The van der Waals surface area contributed by atoms with E-state index in [0.717, 1.165) is 32.2 Å². The van der Waals surface area contributed by atoms with Crippen LogP contribution in [0.5, 0.6) is 0 Å². The van der Waals surface area contributed by atoms with E-state index in [1.165, 1.54) is 6.26 Å². The van der Waals surface area contributed by atoms with Crippen LogP contribution in [-0.4, -0.2) is 87.3 Å². The molecule has 168 valence electrons. The van der Waals surface area contributed by atoms with Crippen molar-refractivity contribution in [3.05, 3.63) is 0 Å². The third-order valence-corrected chi connectivity index (χ3v) is 6.54. The van der Waals surface area contributed by atoms with Crippen molar-refractivity contribution in [3.8, 4) is 0 Å². The second kappa shape index (κ2) is 9.97. The maximum absolute atomic E-state index is 12.3. The zero-order valence-corrected chi connectivity index (χ0v) is 19.2. The molecule has 0 aromatic rings. The number of likely N-dealkylation sites (tertiary alicyclic amines) is 1. The number of hydrogen-bond acceptors (Lipinski definition) is 5. The molecule has 0 aromatic heterocycles. The van der Waals surface area contributed by atoms with Crippen LogP contribution in [0, 0.1) is 5.92 Å². The smallest absolute Gasteiger partial charge is 0.410 e. The van der Waals surface area contributed by atoms with Crippen LogP contribution in [0.25, 0.3) is 0 Å². The Hall–Kier alpha value is -1.55. The Balaban J connectivity index is 1.77. The molecular weight excluding hydrogens is 394 g/mol. The average molecular weight is 432 g/mol. The lowest BCUT2D eigenvalue weighted by atomic mass is 9.98. The van der Waals surface area contributed by atoms with Crippen molar-refractivity contribution in [3.63, 3.8) is 0 Å². The molecule has 1 unspecified atom stereocenters. The topological polar surface area (TPSA) is 103 Å². The van der Waals surface area contributed by atoms with Gasteiger partial charge < -0.3 is 20.3 Å². The van der Waals surface area contributed by atoms with E-state index in [4.69, 9.17) is 4.74 Å². The number of nitrogens with zero attached hydrogens (tertiary/aromatic N) is 3. The second-order valence-corrected chi connectivity index (χ2v) is 11.0. The normalized spacial score (nSPS) is 23.0. The van der Waals surface area contributed by atoms with Crippen molar-refractivity contribution in [2.45, 2.75) is 58.1 Å². The predicted molar refractivity (Wildman–Crippen MR) is 114 cm³/mol. The Kier molecular flexibility index (Phi) is 8.16. The molecule has 0 saturated carbocycles. The van der Waals surface area contributed by atoms with Gasteiger partial charge >= 0.3 is 6.09 Å². The van der Waals surface area contributed by atoms with Gasteiger partial charge in [-0.3, -0.25) is 4.99 Å². The van der Waals surface area contributed by atoms with Crippen LogP contribution in [0.15, 0.2) is 4.99 Å². The van der Waals surface area contributed by atoms with Crippen LogP contribution in [0.3, 0.4) is 0 Å². The number of carbonyl (C=O) groups excluding carboxylic acids is 1. The number of ether oxygens (including phenoxy) is 1. The van der Waals surface area contributed by atoms with E-state index in [2.05, 4.69) is 15.6 Å². The van der Waals surface area contributed by atoms with Gasteiger partial charge in [-0.05, 0) is 52.4 Å². The molecule has 2 saturated heterocycles. The molecule has 9 nitrogen and oxygen atoms in total. The molecule has 2 aliphatic heterocycles. The van der Waals surface area contributed by atoms with Crippen LogP contribution < -0.4 is 10.6 Å². The SMILES string of the molecule is CN=C(NCC1CCN(S(C)(=O)=O)CC1)NC1CCCN(C(=O)OC(C)(C)C)C1. The minimum atomic E-state index is -3.09. The summed E-state index contributed by atoms with van der Waals surface area (Å²) in [6.07, 6.45) is 4.55. The van der Waals surface area contributed by atoms with Crippen molar-refractivity contribution in [2.75, 3.05) is 46.0 Å². The molecule has 0 spiro atoms. The van der Waals surface area contributed by atoms with E-state index in [-0.39, 0.29) is 12.1 Å². The van der Waals surface area contributed by atoms with Gasteiger partial charge in [0, 0.05) is 45.8 Å². The van der Waals surface area contributed by atoms with Crippen LogP contribution in [0.1, 0.15) is 46.5 Å². The van der Waals surface area contributed by atoms with Crippen LogP contribution in [0.2, 0.25) is 0 Å². The van der Waals surface area contributed by atoms with E-state index in [1.807, 2.05) is 20.8 Å². The standard InChI is InChI=1S/C19H37N5O4S/c1-19(2,3)28-18(25)23-10-6-7-16(14-23)22-17(20-4)21-13-15-8-11-24(12-9-15)29(5,26)27/h15-16H,6-14H2,1-5H3,(H2,20,21,22). The molecule has 1 atom stereocenters. The summed E-state index contributed by atoms with van der Waals surface area (Å²) in [5.74, 6) is 1.13. The van der Waals surface area contributed by atoms with E-state index in [1.54, 1.807) is 16.3 Å². The van der Waals surface area contributed by atoms with Gasteiger partial charge in [-0.15, -0.1) is 0 Å². The van der Waals surface area contributed by atoms with Crippen molar-refractivity contribution in [1.82, 2.24) is 19.8 Å². The summed E-state index contributed by atoms with van der Waals surface area (Å²) in [4.78, 5) is 18.4. The van der Waals surface area contributed by atoms with E-state index in [0.29, 0.717) is 38.1 Å². The fourth-order valence-corrected chi connectivity index (χ4v) is 4.54. The molecule has 1 amide bonds. The Labute approximate surface area is 175 Å². The van der Waals surface area contributed by atoms with Gasteiger partial charge in [0.2, 0.25) is 10.0 Å². The largest absolute Gasteiger partial charge is 0.444 e. The summed E-state index contributed by atoms with van der Waals surface area (Å²) in [5.41, 5.74) is -0.498. The van der Waals surface area contributed by atoms with Gasteiger partial charge in [-0.25, -0.2) is 17.5 Å². The highest BCUT2D eigenvalue weighted by Crippen LogP contribution is 2.18. The van der Waals surface area contributed by atoms with Gasteiger partial charge in [0.05, 0.1) is 6.26 Å². The number of hydrogen-bond donors (Lipinski definition) is 2. The minimum absolute atomic E-state index is 0.120. The molecule has 29 heavy (non-hydrogen) atoms. The maximum Gasteiger partial charge on any atom is 0.410 e. The monoisotopic (exact) mass is 431 g/mol. The first-order valence-corrected chi connectivity index (χ1v) is 12.2. The molecule has 2 heterocycles. The van der Waals surface area contributed by atoms with Crippen molar-refractivity contribution in [2.24, 2.45) is 10.9 Å². The van der Waals surface area contributed by atoms with Gasteiger partial charge in [0.15, 0.2) is 5.96 Å². The second-order valence-electron chi connectivity index (χ2n) is 8.97. The summed E-state index contributed by atoms with van der Waals surface area (Å²) in [6, 6.07) is 0.120. The fraction of sp³-hybridized carbons (Fsp3) is 0.895.